The van der Waals surface area contributed by atoms with Gasteiger partial charge in [0.2, 0.25) is 0 Å². The molecule has 3 rings (SSSR count). The Hall–Kier alpha value is -3.34. The van der Waals surface area contributed by atoms with Crippen molar-refractivity contribution < 1.29 is 32.5 Å². The molecule has 0 saturated carbocycles. The molecule has 0 fully saturated rings. The second kappa shape index (κ2) is 12.8. The lowest BCUT2D eigenvalue weighted by atomic mass is 10.1. The molecule has 0 amide bonds. The van der Waals surface area contributed by atoms with Gasteiger partial charge < -0.3 is 29.0 Å². The lowest BCUT2D eigenvalue weighted by molar-refractivity contribution is 0.0890. The molecule has 0 aliphatic heterocycles. The lowest BCUT2D eigenvalue weighted by Crippen LogP contribution is -2.17. The fourth-order valence-corrected chi connectivity index (χ4v) is 4.12. The van der Waals surface area contributed by atoms with Crippen LogP contribution in [0.1, 0.15) is 32.9 Å². The number of hydrogen-bond donors (Lipinski definition) is 2. The molecule has 3 aromatic rings. The van der Waals surface area contributed by atoms with Crippen LogP contribution in [0.15, 0.2) is 59.8 Å². The summed E-state index contributed by atoms with van der Waals surface area (Å²) in [4.78, 5) is 7.35. The van der Waals surface area contributed by atoms with Crippen molar-refractivity contribution in [2.45, 2.75) is 44.4 Å². The zero-order valence-corrected chi connectivity index (χ0v) is 22.5. The third-order valence-electron chi connectivity index (χ3n) is 5.42. The van der Waals surface area contributed by atoms with E-state index in [4.69, 9.17) is 18.9 Å². The first-order valence-electron chi connectivity index (χ1n) is 11.9. The Morgan fingerprint density at radius 3 is 2.49 bits per heavy atom. The average Bonchev–Trinajstić information content (AvgIpc) is 3.35. The number of sulfone groups is 1. The third-order valence-corrected chi connectivity index (χ3v) is 6.42. The summed E-state index contributed by atoms with van der Waals surface area (Å²) in [5.41, 5.74) is 2.37. The second-order valence-electron chi connectivity index (χ2n) is 8.55. The minimum absolute atomic E-state index is 0.0292. The summed E-state index contributed by atoms with van der Waals surface area (Å²) < 4.78 is 46.6. The van der Waals surface area contributed by atoms with Gasteiger partial charge in [-0.1, -0.05) is 6.92 Å². The first kappa shape index (κ1) is 28.2. The Labute approximate surface area is 218 Å². The summed E-state index contributed by atoms with van der Waals surface area (Å²) in [6.07, 6.45) is 4.51. The third kappa shape index (κ3) is 7.82. The van der Waals surface area contributed by atoms with E-state index in [1.807, 2.05) is 51.1 Å². The lowest BCUT2D eigenvalue weighted by Gasteiger charge is -2.17. The van der Waals surface area contributed by atoms with Crippen molar-refractivity contribution in [2.24, 2.45) is 0 Å². The summed E-state index contributed by atoms with van der Waals surface area (Å²) in [5.74, 6) is 2.08. The number of hydrogen-bond acceptors (Lipinski definition) is 8. The number of pyridine rings is 1. The summed E-state index contributed by atoms with van der Waals surface area (Å²) in [6.45, 7) is 6.07. The predicted octanol–water partition coefficient (Wildman–Crippen LogP) is 4.83. The van der Waals surface area contributed by atoms with Crippen LogP contribution in [-0.4, -0.2) is 62.3 Å². The standard InChI is InChI=1S/C27H34N2O7S/c1-6-20(16-30)36-26(7-2)25-10-9-24(29-25)19-12-22(34-18(3)17-33-4)14-23(13-19)35-21-8-11-27(28-15-21)37(5,31)32/h7-15,18,20,29-30H,6,16-17H2,1-5H3/b26-7+/t18-,20?/m0/s1. The van der Waals surface area contributed by atoms with Gasteiger partial charge in [-0.3, -0.25) is 0 Å². The number of allylic oxidation sites excluding steroid dienone is 1. The molecule has 2 atom stereocenters. The highest BCUT2D eigenvalue weighted by molar-refractivity contribution is 7.90. The average molecular weight is 531 g/mol. The molecule has 0 saturated heterocycles. The van der Waals surface area contributed by atoms with Gasteiger partial charge in [0, 0.05) is 30.7 Å². The molecule has 0 bridgehead atoms. The van der Waals surface area contributed by atoms with E-state index in [0.29, 0.717) is 36.0 Å². The van der Waals surface area contributed by atoms with Gasteiger partial charge in [0.05, 0.1) is 25.1 Å². The van der Waals surface area contributed by atoms with E-state index < -0.39 is 9.84 Å². The van der Waals surface area contributed by atoms with Crippen LogP contribution in [0.4, 0.5) is 0 Å². The number of aromatic nitrogens is 2. The van der Waals surface area contributed by atoms with E-state index >= 15 is 0 Å². The first-order chi connectivity index (χ1) is 17.7. The largest absolute Gasteiger partial charge is 0.488 e. The van der Waals surface area contributed by atoms with Gasteiger partial charge in [-0.2, -0.15) is 0 Å². The molecule has 9 nitrogen and oxygen atoms in total. The van der Waals surface area contributed by atoms with Gasteiger partial charge in [0.25, 0.3) is 0 Å². The molecule has 200 valence electrons. The van der Waals surface area contributed by atoms with Crippen LogP contribution < -0.4 is 9.47 Å². The Morgan fingerprint density at radius 1 is 1.14 bits per heavy atom. The maximum atomic E-state index is 11.7. The van der Waals surface area contributed by atoms with Gasteiger partial charge >= 0.3 is 0 Å². The van der Waals surface area contributed by atoms with Crippen molar-refractivity contribution >= 4 is 15.6 Å². The normalized spacial score (nSPS) is 13.7. The number of rotatable bonds is 13. The Morgan fingerprint density at radius 2 is 1.89 bits per heavy atom. The van der Waals surface area contributed by atoms with Gasteiger partial charge in [-0.25, -0.2) is 13.4 Å². The molecule has 0 spiro atoms. The summed E-state index contributed by atoms with van der Waals surface area (Å²) in [5, 5.41) is 9.49. The summed E-state index contributed by atoms with van der Waals surface area (Å²) >= 11 is 0. The van der Waals surface area contributed by atoms with Crippen LogP contribution in [0, 0.1) is 0 Å². The van der Waals surface area contributed by atoms with Crippen LogP contribution >= 0.6 is 0 Å². The van der Waals surface area contributed by atoms with E-state index in [-0.39, 0.29) is 23.8 Å². The molecule has 0 aliphatic rings. The number of methoxy groups -OCH3 is 1. The number of aliphatic hydroxyl groups is 1. The number of nitrogens with zero attached hydrogens (tertiary/aromatic N) is 1. The molecule has 1 aromatic carbocycles. The van der Waals surface area contributed by atoms with Crippen LogP contribution in [0.2, 0.25) is 0 Å². The van der Waals surface area contributed by atoms with Gasteiger partial charge in [0.15, 0.2) is 14.9 Å². The molecular formula is C27H34N2O7S. The molecule has 10 heteroatoms. The zero-order valence-electron chi connectivity index (χ0n) is 21.7. The van der Waals surface area contributed by atoms with Crippen LogP contribution in [0.25, 0.3) is 17.0 Å². The maximum absolute atomic E-state index is 11.7. The van der Waals surface area contributed by atoms with Crippen LogP contribution in [0.5, 0.6) is 17.2 Å². The van der Waals surface area contributed by atoms with Crippen molar-refractivity contribution in [2.75, 3.05) is 26.6 Å². The molecule has 2 N–H and O–H groups in total. The Bertz CT molecular complexity index is 1300. The number of aromatic amines is 1. The predicted molar refractivity (Wildman–Crippen MR) is 142 cm³/mol. The minimum atomic E-state index is -3.41. The SMILES string of the molecule is C/C=C(/OC(CC)CO)c1ccc(-c2cc(Oc3ccc(S(C)(=O)=O)nc3)cc(O[C@@H](C)COC)c2)[nH]1. The number of aliphatic hydroxyl groups excluding tert-OH is 1. The fourth-order valence-electron chi connectivity index (χ4n) is 3.56. The van der Waals surface area contributed by atoms with E-state index in [0.717, 1.165) is 23.2 Å². The van der Waals surface area contributed by atoms with Gasteiger partial charge in [-0.15, -0.1) is 0 Å². The number of ether oxygens (including phenoxy) is 4. The van der Waals surface area contributed by atoms with Crippen LogP contribution in [-0.2, 0) is 19.3 Å². The fraction of sp³-hybridized carbons (Fsp3) is 0.370. The first-order valence-corrected chi connectivity index (χ1v) is 13.8. The molecule has 1 unspecified atom stereocenters. The topological polar surface area (TPSA) is 120 Å². The van der Waals surface area contributed by atoms with E-state index in [1.165, 1.54) is 12.3 Å². The van der Waals surface area contributed by atoms with Crippen molar-refractivity contribution in [3.63, 3.8) is 0 Å². The monoisotopic (exact) mass is 530 g/mol. The maximum Gasteiger partial charge on any atom is 0.192 e. The molecule has 37 heavy (non-hydrogen) atoms. The van der Waals surface area contributed by atoms with Gasteiger partial charge in [-0.05, 0) is 62.7 Å². The van der Waals surface area contributed by atoms with Crippen molar-refractivity contribution in [1.29, 1.82) is 0 Å². The molecule has 2 heterocycles. The smallest absolute Gasteiger partial charge is 0.192 e. The Kier molecular flexibility index (Phi) is 9.73. The summed E-state index contributed by atoms with van der Waals surface area (Å²) in [6, 6.07) is 12.3. The van der Waals surface area contributed by atoms with E-state index in [9.17, 15) is 13.5 Å². The highest BCUT2D eigenvalue weighted by atomic mass is 32.2. The quantitative estimate of drug-likeness (QED) is 0.302. The van der Waals surface area contributed by atoms with Crippen molar-refractivity contribution in [3.8, 4) is 28.5 Å². The minimum Gasteiger partial charge on any atom is -0.488 e. The molecule has 2 aromatic heterocycles. The van der Waals surface area contributed by atoms with Crippen molar-refractivity contribution in [3.05, 3.63) is 60.4 Å². The Balaban J connectivity index is 1.93. The van der Waals surface area contributed by atoms with Crippen LogP contribution in [0.3, 0.4) is 0 Å². The van der Waals surface area contributed by atoms with E-state index in [2.05, 4.69) is 9.97 Å². The summed E-state index contributed by atoms with van der Waals surface area (Å²) in [7, 11) is -1.80. The zero-order chi connectivity index (χ0) is 27.0. The number of H-pyrrole nitrogens is 1. The second-order valence-corrected chi connectivity index (χ2v) is 10.5. The van der Waals surface area contributed by atoms with Gasteiger partial charge in [0.1, 0.15) is 35.2 Å². The number of benzene rings is 1. The highest BCUT2D eigenvalue weighted by Crippen LogP contribution is 2.33. The molecule has 0 radical (unpaired) electrons. The molecular weight excluding hydrogens is 496 g/mol. The highest BCUT2D eigenvalue weighted by Gasteiger charge is 2.15. The molecule has 0 aliphatic carbocycles. The number of nitrogens with one attached hydrogen (secondary N) is 1. The van der Waals surface area contributed by atoms with E-state index in [1.54, 1.807) is 19.2 Å². The van der Waals surface area contributed by atoms with Crippen molar-refractivity contribution in [1.82, 2.24) is 9.97 Å².